The average molecular weight is 522 g/mol. The van der Waals surface area contributed by atoms with E-state index in [1.807, 2.05) is 19.1 Å². The lowest BCUT2D eigenvalue weighted by Gasteiger charge is -2.38. The first-order valence-corrected chi connectivity index (χ1v) is 14.0. The number of halogens is 1. The minimum absolute atomic E-state index is 0. The smallest absolute Gasteiger partial charge is 0.229 e. The van der Waals surface area contributed by atoms with Crippen LogP contribution in [-0.2, 0) is 21.4 Å². The van der Waals surface area contributed by atoms with Gasteiger partial charge in [-0.05, 0) is 73.6 Å². The molecule has 2 fully saturated rings. The van der Waals surface area contributed by atoms with Gasteiger partial charge in [0.05, 0.1) is 6.26 Å². The van der Waals surface area contributed by atoms with E-state index in [2.05, 4.69) is 26.7 Å². The highest BCUT2D eigenvalue weighted by Crippen LogP contribution is 2.32. The van der Waals surface area contributed by atoms with Gasteiger partial charge >= 0.3 is 0 Å². The number of hydrogen-bond donors (Lipinski definition) is 1. The van der Waals surface area contributed by atoms with Gasteiger partial charge < -0.3 is 9.64 Å². The first-order chi connectivity index (χ1) is 16.3. The summed E-state index contributed by atoms with van der Waals surface area (Å²) in [4.78, 5) is 17.1. The van der Waals surface area contributed by atoms with E-state index in [1.54, 1.807) is 24.3 Å². The molecule has 1 heterocycles. The van der Waals surface area contributed by atoms with Gasteiger partial charge in [-0.25, -0.2) is 8.42 Å². The van der Waals surface area contributed by atoms with Crippen LogP contribution < -0.4 is 9.46 Å². The summed E-state index contributed by atoms with van der Waals surface area (Å²) in [6.07, 6.45) is 6.37. The van der Waals surface area contributed by atoms with Crippen LogP contribution in [0.2, 0.25) is 0 Å². The van der Waals surface area contributed by atoms with Crippen molar-refractivity contribution in [3.05, 3.63) is 54.1 Å². The largest absolute Gasteiger partial charge is 0.457 e. The molecule has 1 saturated carbocycles. The number of carbonyl (C=O) groups excluding carboxylic acids is 1. The van der Waals surface area contributed by atoms with Crippen molar-refractivity contribution in [3.8, 4) is 11.5 Å². The van der Waals surface area contributed by atoms with Gasteiger partial charge in [0.1, 0.15) is 11.5 Å². The molecule has 4 rings (SSSR count). The Morgan fingerprint density at radius 3 is 2.09 bits per heavy atom. The van der Waals surface area contributed by atoms with Crippen molar-refractivity contribution < 1.29 is 17.9 Å². The van der Waals surface area contributed by atoms with Gasteiger partial charge in [0.25, 0.3) is 0 Å². The average Bonchev–Trinajstić information content (AvgIpc) is 3.64. The van der Waals surface area contributed by atoms with Gasteiger partial charge in [-0.3, -0.25) is 14.4 Å². The van der Waals surface area contributed by atoms with E-state index in [0.29, 0.717) is 29.8 Å². The molecule has 2 aromatic carbocycles. The molecule has 1 aliphatic carbocycles. The molecule has 9 heteroatoms. The third-order valence-electron chi connectivity index (χ3n) is 6.50. The van der Waals surface area contributed by atoms with Crippen LogP contribution in [0.15, 0.2) is 48.5 Å². The summed E-state index contributed by atoms with van der Waals surface area (Å²) in [5.74, 6) is 2.42. The van der Waals surface area contributed by atoms with Gasteiger partial charge in [0.15, 0.2) is 0 Å². The number of nitrogens with one attached hydrogen (secondary N) is 1. The quantitative estimate of drug-likeness (QED) is 0.482. The van der Waals surface area contributed by atoms with Gasteiger partial charge in [0.2, 0.25) is 15.9 Å². The third kappa shape index (κ3) is 8.40. The van der Waals surface area contributed by atoms with E-state index < -0.39 is 10.0 Å². The lowest BCUT2D eigenvalue weighted by Crippen LogP contribution is -2.47. The van der Waals surface area contributed by atoms with Crippen LogP contribution in [0.4, 0.5) is 5.69 Å². The van der Waals surface area contributed by atoms with E-state index in [9.17, 15) is 13.2 Å². The molecule has 2 aliphatic rings. The number of sulfonamides is 1. The van der Waals surface area contributed by atoms with Crippen LogP contribution in [0.5, 0.6) is 11.5 Å². The monoisotopic (exact) mass is 521 g/mol. The van der Waals surface area contributed by atoms with Gasteiger partial charge in [-0.1, -0.05) is 19.1 Å². The third-order valence-corrected chi connectivity index (χ3v) is 7.10. The number of nitrogens with zero attached hydrogens (tertiary/aromatic N) is 2. The Balaban J connectivity index is 0.00000342. The molecule has 0 unspecified atom stereocenters. The minimum Gasteiger partial charge on any atom is -0.457 e. The molecule has 0 aromatic heterocycles. The number of carbonyl (C=O) groups is 1. The normalized spacial score (nSPS) is 16.9. The summed E-state index contributed by atoms with van der Waals surface area (Å²) >= 11 is 0. The Morgan fingerprint density at radius 2 is 1.57 bits per heavy atom. The number of piperidine rings is 1. The SMILES string of the molecule is CCC(=O)N(CC1CC1)C1CCN(Cc2ccc(Oc3ccc(NS(C)(=O)=O)cc3)cc2)CC1.Cl. The maximum Gasteiger partial charge on any atom is 0.229 e. The summed E-state index contributed by atoms with van der Waals surface area (Å²) in [5.41, 5.74) is 1.74. The maximum absolute atomic E-state index is 12.5. The zero-order chi connectivity index (χ0) is 24.1. The predicted octanol–water partition coefficient (Wildman–Crippen LogP) is 4.89. The minimum atomic E-state index is -3.29. The fourth-order valence-corrected chi connectivity index (χ4v) is 5.05. The highest BCUT2D eigenvalue weighted by Gasteiger charge is 2.32. The number of likely N-dealkylation sites (tertiary alicyclic amines) is 1. The van der Waals surface area contributed by atoms with Crippen molar-refractivity contribution >= 4 is 34.0 Å². The highest BCUT2D eigenvalue weighted by molar-refractivity contribution is 7.92. The van der Waals surface area contributed by atoms with Crippen molar-refractivity contribution in [2.24, 2.45) is 5.92 Å². The Labute approximate surface area is 215 Å². The van der Waals surface area contributed by atoms with Gasteiger partial charge in [-0.15, -0.1) is 12.4 Å². The second-order valence-electron chi connectivity index (χ2n) is 9.49. The lowest BCUT2D eigenvalue weighted by atomic mass is 10.0. The summed E-state index contributed by atoms with van der Waals surface area (Å²) in [5, 5.41) is 0. The van der Waals surface area contributed by atoms with E-state index in [4.69, 9.17) is 4.74 Å². The lowest BCUT2D eigenvalue weighted by molar-refractivity contribution is -0.134. The van der Waals surface area contributed by atoms with Crippen LogP contribution in [0.25, 0.3) is 0 Å². The topological polar surface area (TPSA) is 79.0 Å². The molecule has 1 aliphatic heterocycles. The number of hydrogen-bond acceptors (Lipinski definition) is 5. The van der Waals surface area contributed by atoms with E-state index in [-0.39, 0.29) is 12.4 Å². The molecule has 1 amide bonds. The van der Waals surface area contributed by atoms with Crippen LogP contribution in [0.3, 0.4) is 0 Å². The Bertz CT molecular complexity index is 1060. The summed E-state index contributed by atoms with van der Waals surface area (Å²) < 4.78 is 31.0. The van der Waals surface area contributed by atoms with Crippen molar-refractivity contribution in [1.29, 1.82) is 0 Å². The maximum atomic E-state index is 12.5. The van der Waals surface area contributed by atoms with Crippen LogP contribution in [0, 0.1) is 5.92 Å². The summed E-state index contributed by atoms with van der Waals surface area (Å²) in [6.45, 7) is 5.83. The molecule has 0 bridgehead atoms. The first kappa shape index (κ1) is 27.3. The van der Waals surface area contributed by atoms with Gasteiger partial charge in [0, 0.05) is 44.3 Å². The molecule has 35 heavy (non-hydrogen) atoms. The summed E-state index contributed by atoms with van der Waals surface area (Å²) in [7, 11) is -3.29. The number of ether oxygens (including phenoxy) is 1. The number of amides is 1. The standard InChI is InChI=1S/C26H35N3O4S.ClH/c1-3-26(30)29(19-21-4-5-21)23-14-16-28(17-15-23)18-20-6-10-24(11-7-20)33-25-12-8-22(9-13-25)27-34(2,31)32;/h6-13,21,23,27H,3-5,14-19H2,1-2H3;1H. The van der Waals surface area contributed by atoms with Crippen LogP contribution in [0.1, 0.15) is 44.6 Å². The first-order valence-electron chi connectivity index (χ1n) is 12.2. The predicted molar refractivity (Wildman–Crippen MR) is 142 cm³/mol. The second-order valence-corrected chi connectivity index (χ2v) is 11.2. The molecule has 7 nitrogen and oxygen atoms in total. The Hall–Kier alpha value is -2.29. The molecular weight excluding hydrogens is 486 g/mol. The van der Waals surface area contributed by atoms with Gasteiger partial charge in [-0.2, -0.15) is 0 Å². The number of rotatable bonds is 10. The van der Waals surface area contributed by atoms with Crippen molar-refractivity contribution in [2.75, 3.05) is 30.6 Å². The fraction of sp³-hybridized carbons (Fsp3) is 0.500. The number of anilines is 1. The highest BCUT2D eigenvalue weighted by atomic mass is 35.5. The molecule has 0 radical (unpaired) electrons. The molecule has 1 saturated heterocycles. The van der Waals surface area contributed by atoms with E-state index in [1.165, 1.54) is 18.4 Å². The zero-order valence-electron chi connectivity index (χ0n) is 20.5. The second kappa shape index (κ2) is 12.1. The van der Waals surface area contributed by atoms with E-state index >= 15 is 0 Å². The van der Waals surface area contributed by atoms with E-state index in [0.717, 1.165) is 56.9 Å². The fourth-order valence-electron chi connectivity index (χ4n) is 4.49. The molecular formula is C26H36ClN3O4S. The summed E-state index contributed by atoms with van der Waals surface area (Å²) in [6, 6.07) is 15.3. The zero-order valence-corrected chi connectivity index (χ0v) is 22.1. The number of benzene rings is 2. The molecule has 1 N–H and O–H groups in total. The molecule has 0 atom stereocenters. The van der Waals surface area contributed by atoms with Crippen LogP contribution >= 0.6 is 12.4 Å². The Kier molecular flexibility index (Phi) is 9.44. The van der Waals surface area contributed by atoms with Crippen molar-refractivity contribution in [2.45, 2.75) is 51.6 Å². The molecule has 192 valence electrons. The Morgan fingerprint density at radius 1 is 1.00 bits per heavy atom. The van der Waals surface area contributed by atoms with Crippen LogP contribution in [-0.4, -0.2) is 56.1 Å². The van der Waals surface area contributed by atoms with Crippen molar-refractivity contribution in [3.63, 3.8) is 0 Å². The molecule has 0 spiro atoms. The van der Waals surface area contributed by atoms with Crippen molar-refractivity contribution in [1.82, 2.24) is 9.80 Å². The molecule has 2 aromatic rings.